The van der Waals surface area contributed by atoms with Gasteiger partial charge >= 0.3 is 0 Å². The van der Waals surface area contributed by atoms with Gasteiger partial charge in [-0.05, 0) is 31.2 Å². The first-order chi connectivity index (χ1) is 14.2. The first kappa shape index (κ1) is 18.2. The quantitative estimate of drug-likeness (QED) is 0.500. The average Bonchev–Trinajstić information content (AvgIpc) is 3.15. The zero-order valence-electron chi connectivity index (χ0n) is 15.5. The number of rotatable bonds is 6. The van der Waals surface area contributed by atoms with Crippen molar-refractivity contribution in [3.63, 3.8) is 0 Å². The molecule has 8 heteroatoms. The molecule has 4 rings (SSSR count). The molecule has 1 amide bonds. The summed E-state index contributed by atoms with van der Waals surface area (Å²) in [7, 11) is 0. The molecule has 0 unspecified atom stereocenters. The number of anilines is 3. The van der Waals surface area contributed by atoms with Crippen LogP contribution in [0, 0.1) is 6.92 Å². The van der Waals surface area contributed by atoms with Crippen LogP contribution in [0.15, 0.2) is 77.6 Å². The van der Waals surface area contributed by atoms with Gasteiger partial charge in [0.2, 0.25) is 5.95 Å². The summed E-state index contributed by atoms with van der Waals surface area (Å²) in [6, 6.07) is 18.3. The topological polar surface area (TPSA) is 102 Å². The average molecular weight is 387 g/mol. The summed E-state index contributed by atoms with van der Waals surface area (Å²) < 4.78 is 10.8. The first-order valence-electron chi connectivity index (χ1n) is 8.83. The largest absolute Gasteiger partial charge is 0.455 e. The van der Waals surface area contributed by atoms with E-state index in [0.717, 1.165) is 0 Å². The zero-order valence-corrected chi connectivity index (χ0v) is 15.5. The summed E-state index contributed by atoms with van der Waals surface area (Å²) in [5.74, 6) is 2.33. The van der Waals surface area contributed by atoms with E-state index in [1.807, 2.05) is 42.5 Å². The normalized spacial score (nSPS) is 10.4. The lowest BCUT2D eigenvalue weighted by molar-refractivity contribution is 0.102. The zero-order chi connectivity index (χ0) is 20.1. The number of para-hydroxylation sites is 3. The third-order valence-electron chi connectivity index (χ3n) is 3.89. The number of hydrogen-bond donors (Lipinski definition) is 2. The van der Waals surface area contributed by atoms with Crippen LogP contribution in [0.3, 0.4) is 0 Å². The van der Waals surface area contributed by atoms with Crippen molar-refractivity contribution in [2.45, 2.75) is 6.92 Å². The van der Waals surface area contributed by atoms with Crippen LogP contribution in [0.4, 0.5) is 17.5 Å². The number of carbonyl (C=O) groups excluding carboxylic acids is 1. The van der Waals surface area contributed by atoms with E-state index in [1.165, 1.54) is 12.4 Å². The molecule has 0 atom stereocenters. The smallest absolute Gasteiger partial charge is 0.258 e. The van der Waals surface area contributed by atoms with Crippen LogP contribution in [0.5, 0.6) is 11.5 Å². The molecule has 0 aliphatic rings. The molecule has 0 saturated carbocycles. The van der Waals surface area contributed by atoms with Crippen LogP contribution >= 0.6 is 0 Å². The predicted octanol–water partition coefficient (Wildman–Crippen LogP) is 4.56. The Bertz CT molecular complexity index is 1110. The lowest BCUT2D eigenvalue weighted by atomic mass is 10.2. The molecule has 2 aromatic heterocycles. The Morgan fingerprint density at radius 3 is 2.45 bits per heavy atom. The highest BCUT2D eigenvalue weighted by atomic mass is 16.5. The second-order valence-electron chi connectivity index (χ2n) is 6.11. The van der Waals surface area contributed by atoms with Crippen LogP contribution < -0.4 is 15.4 Å². The second kappa shape index (κ2) is 8.22. The number of hydrogen-bond acceptors (Lipinski definition) is 7. The Balaban J connectivity index is 1.45. The second-order valence-corrected chi connectivity index (χ2v) is 6.11. The van der Waals surface area contributed by atoms with E-state index in [0.29, 0.717) is 40.3 Å². The van der Waals surface area contributed by atoms with Gasteiger partial charge in [-0.1, -0.05) is 35.5 Å². The lowest BCUT2D eigenvalue weighted by Crippen LogP contribution is -2.13. The monoisotopic (exact) mass is 387 g/mol. The predicted molar refractivity (Wildman–Crippen MR) is 107 cm³/mol. The van der Waals surface area contributed by atoms with Gasteiger partial charge in [0.15, 0.2) is 11.6 Å². The molecular formula is C21H17N5O3. The number of amides is 1. The Labute approximate surface area is 166 Å². The van der Waals surface area contributed by atoms with E-state index in [2.05, 4.69) is 25.8 Å². The van der Waals surface area contributed by atoms with Crippen molar-refractivity contribution < 1.29 is 14.1 Å². The summed E-state index contributed by atoms with van der Waals surface area (Å²) in [5.41, 5.74) is 0.850. The van der Waals surface area contributed by atoms with Gasteiger partial charge in [-0.3, -0.25) is 4.79 Å². The van der Waals surface area contributed by atoms with Crippen molar-refractivity contribution in [1.82, 2.24) is 15.1 Å². The Morgan fingerprint density at radius 1 is 1.00 bits per heavy atom. The van der Waals surface area contributed by atoms with Crippen LogP contribution in [0.2, 0.25) is 0 Å². The maximum atomic E-state index is 12.6. The Kier molecular flexibility index (Phi) is 5.15. The summed E-state index contributed by atoms with van der Waals surface area (Å²) in [6.45, 7) is 1.78. The van der Waals surface area contributed by atoms with E-state index < -0.39 is 0 Å². The van der Waals surface area contributed by atoms with Gasteiger partial charge in [-0.15, -0.1) is 0 Å². The van der Waals surface area contributed by atoms with Crippen molar-refractivity contribution in [3.8, 4) is 11.5 Å². The molecule has 0 fully saturated rings. The van der Waals surface area contributed by atoms with Crippen LogP contribution in [0.25, 0.3) is 0 Å². The van der Waals surface area contributed by atoms with E-state index in [1.54, 1.807) is 25.1 Å². The summed E-state index contributed by atoms with van der Waals surface area (Å²) in [4.78, 5) is 20.9. The molecule has 29 heavy (non-hydrogen) atoms. The van der Waals surface area contributed by atoms with Gasteiger partial charge in [-0.25, -0.2) is 9.97 Å². The third-order valence-corrected chi connectivity index (χ3v) is 3.89. The van der Waals surface area contributed by atoms with Crippen molar-refractivity contribution in [3.05, 3.63) is 84.4 Å². The maximum absolute atomic E-state index is 12.6. The molecule has 0 aliphatic carbocycles. The molecule has 2 aromatic carbocycles. The van der Waals surface area contributed by atoms with Crippen molar-refractivity contribution >= 4 is 23.4 Å². The van der Waals surface area contributed by atoms with Crippen LogP contribution in [-0.2, 0) is 0 Å². The van der Waals surface area contributed by atoms with Crippen molar-refractivity contribution in [2.75, 3.05) is 10.6 Å². The van der Waals surface area contributed by atoms with Crippen molar-refractivity contribution in [2.24, 2.45) is 0 Å². The van der Waals surface area contributed by atoms with Gasteiger partial charge in [-0.2, -0.15) is 0 Å². The number of nitrogens with one attached hydrogen (secondary N) is 2. The van der Waals surface area contributed by atoms with Crippen LogP contribution in [0.1, 0.15) is 16.1 Å². The number of aryl methyl sites for hydroxylation is 1. The summed E-state index contributed by atoms with van der Waals surface area (Å²) in [6.07, 6.45) is 2.86. The van der Waals surface area contributed by atoms with Gasteiger partial charge in [0, 0.05) is 18.5 Å². The molecule has 144 valence electrons. The standard InChI is InChI=1S/C21H17N5O3/c1-14-11-19(26-29-14)25-21-22-12-15(13-23-21)20(27)24-17-9-5-6-10-18(17)28-16-7-3-2-4-8-16/h2-13H,1H3,(H,24,27)(H,22,23,25,26). The minimum atomic E-state index is -0.349. The molecule has 0 radical (unpaired) electrons. The SMILES string of the molecule is Cc1cc(Nc2ncc(C(=O)Nc3ccccc3Oc3ccccc3)cn2)no1. The van der Waals surface area contributed by atoms with E-state index in [9.17, 15) is 4.79 Å². The fourth-order valence-electron chi connectivity index (χ4n) is 2.52. The molecule has 0 aliphatic heterocycles. The van der Waals surface area contributed by atoms with Gasteiger partial charge < -0.3 is 19.9 Å². The lowest BCUT2D eigenvalue weighted by Gasteiger charge is -2.12. The molecule has 8 nitrogen and oxygen atoms in total. The minimum Gasteiger partial charge on any atom is -0.455 e. The van der Waals surface area contributed by atoms with Gasteiger partial charge in [0.1, 0.15) is 11.5 Å². The molecular weight excluding hydrogens is 370 g/mol. The number of ether oxygens (including phenoxy) is 1. The van der Waals surface area contributed by atoms with Gasteiger partial charge in [0.25, 0.3) is 5.91 Å². The highest BCUT2D eigenvalue weighted by molar-refractivity contribution is 6.04. The molecule has 4 aromatic rings. The summed E-state index contributed by atoms with van der Waals surface area (Å²) >= 11 is 0. The fourth-order valence-corrected chi connectivity index (χ4v) is 2.52. The minimum absolute atomic E-state index is 0.307. The Hall–Kier alpha value is -4.20. The Morgan fingerprint density at radius 2 is 1.72 bits per heavy atom. The molecule has 0 saturated heterocycles. The van der Waals surface area contributed by atoms with E-state index in [4.69, 9.17) is 9.26 Å². The first-order valence-corrected chi connectivity index (χ1v) is 8.83. The molecule has 0 bridgehead atoms. The number of carbonyl (C=O) groups is 1. The number of benzene rings is 2. The van der Waals surface area contributed by atoms with E-state index >= 15 is 0 Å². The molecule has 2 heterocycles. The molecule has 2 N–H and O–H groups in total. The highest BCUT2D eigenvalue weighted by Gasteiger charge is 2.12. The van der Waals surface area contributed by atoms with Gasteiger partial charge in [0.05, 0.1) is 11.3 Å². The highest BCUT2D eigenvalue weighted by Crippen LogP contribution is 2.29. The number of nitrogens with zero attached hydrogens (tertiary/aromatic N) is 3. The third kappa shape index (κ3) is 4.56. The maximum Gasteiger partial charge on any atom is 0.258 e. The number of aromatic nitrogens is 3. The molecule has 0 spiro atoms. The van der Waals surface area contributed by atoms with Crippen molar-refractivity contribution in [1.29, 1.82) is 0 Å². The van der Waals surface area contributed by atoms with Crippen LogP contribution in [-0.4, -0.2) is 21.0 Å². The fraction of sp³-hybridized carbons (Fsp3) is 0.0476. The van der Waals surface area contributed by atoms with E-state index in [-0.39, 0.29) is 5.91 Å². The summed E-state index contributed by atoms with van der Waals surface area (Å²) in [5, 5.41) is 9.54.